The van der Waals surface area contributed by atoms with Crippen molar-refractivity contribution in [1.82, 2.24) is 0 Å². The maximum absolute atomic E-state index is 10.7. The second-order valence-corrected chi connectivity index (χ2v) is 3.88. The highest BCUT2D eigenvalue weighted by Gasteiger charge is 2.15. The number of hydrogen-bond donors (Lipinski definition) is 2. The van der Waals surface area contributed by atoms with Gasteiger partial charge in [0.25, 0.3) is 0 Å². The molecule has 0 fully saturated rings. The number of furan rings is 1. The van der Waals surface area contributed by atoms with Crippen LogP contribution in [0.5, 0.6) is 5.75 Å². The zero-order valence-electron chi connectivity index (χ0n) is 8.80. The van der Waals surface area contributed by atoms with E-state index in [4.69, 9.17) is 9.52 Å². The number of benzene rings is 1. The van der Waals surface area contributed by atoms with Crippen molar-refractivity contribution in [3.05, 3.63) is 30.0 Å². The smallest absolute Gasteiger partial charge is 0.306 e. The predicted molar refractivity (Wildman–Crippen MR) is 58.4 cm³/mol. The van der Waals surface area contributed by atoms with E-state index in [1.807, 2.05) is 0 Å². The summed E-state index contributed by atoms with van der Waals surface area (Å²) in [4.78, 5) is 10.7. The fourth-order valence-electron chi connectivity index (χ4n) is 1.65. The Kier molecular flexibility index (Phi) is 2.56. The minimum absolute atomic E-state index is 0.139. The Balaban J connectivity index is 2.35. The summed E-state index contributed by atoms with van der Waals surface area (Å²) in [6, 6.07) is 4.81. The van der Waals surface area contributed by atoms with Gasteiger partial charge in [0.1, 0.15) is 11.3 Å². The monoisotopic (exact) mass is 220 g/mol. The lowest BCUT2D eigenvalue weighted by Crippen LogP contribution is -2.11. The van der Waals surface area contributed by atoms with Crippen molar-refractivity contribution >= 4 is 16.9 Å². The molecule has 1 aromatic heterocycles. The summed E-state index contributed by atoms with van der Waals surface area (Å²) in [6.07, 6.45) is 1.97. The standard InChI is InChI=1S/C12H12O4/c1-7(12(14)15)4-8-6-16-11-5-9(13)2-3-10(8)11/h2-3,5-7,13H,4H2,1H3,(H,14,15). The molecule has 16 heavy (non-hydrogen) atoms. The van der Waals surface area contributed by atoms with Crippen molar-refractivity contribution in [1.29, 1.82) is 0 Å². The summed E-state index contributed by atoms with van der Waals surface area (Å²) in [5, 5.41) is 18.9. The van der Waals surface area contributed by atoms with Crippen LogP contribution in [0.2, 0.25) is 0 Å². The zero-order valence-corrected chi connectivity index (χ0v) is 8.80. The third kappa shape index (κ3) is 1.86. The van der Waals surface area contributed by atoms with Gasteiger partial charge in [0.05, 0.1) is 12.2 Å². The summed E-state index contributed by atoms with van der Waals surface area (Å²) in [5.41, 5.74) is 1.43. The van der Waals surface area contributed by atoms with E-state index in [0.717, 1.165) is 10.9 Å². The van der Waals surface area contributed by atoms with Crippen LogP contribution < -0.4 is 0 Å². The van der Waals surface area contributed by atoms with Gasteiger partial charge >= 0.3 is 5.97 Å². The molecular formula is C12H12O4. The summed E-state index contributed by atoms with van der Waals surface area (Å²) < 4.78 is 5.26. The lowest BCUT2D eigenvalue weighted by atomic mass is 10.0. The van der Waals surface area contributed by atoms with Crippen LogP contribution in [-0.2, 0) is 11.2 Å². The summed E-state index contributed by atoms with van der Waals surface area (Å²) in [5.74, 6) is -1.14. The number of rotatable bonds is 3. The van der Waals surface area contributed by atoms with E-state index < -0.39 is 11.9 Å². The van der Waals surface area contributed by atoms with Crippen LogP contribution in [0.1, 0.15) is 12.5 Å². The minimum atomic E-state index is -0.826. The van der Waals surface area contributed by atoms with E-state index in [1.54, 1.807) is 25.3 Å². The fourth-order valence-corrected chi connectivity index (χ4v) is 1.65. The number of carboxylic acid groups (broad SMARTS) is 1. The molecule has 0 saturated heterocycles. The van der Waals surface area contributed by atoms with E-state index >= 15 is 0 Å². The highest BCUT2D eigenvalue weighted by atomic mass is 16.4. The first-order valence-corrected chi connectivity index (χ1v) is 5.00. The average Bonchev–Trinajstić information content (AvgIpc) is 2.60. The van der Waals surface area contributed by atoms with Crippen molar-refractivity contribution in [3.8, 4) is 5.75 Å². The number of aliphatic carboxylic acids is 1. The van der Waals surface area contributed by atoms with Gasteiger partial charge in [0, 0.05) is 11.5 Å². The van der Waals surface area contributed by atoms with E-state index in [0.29, 0.717) is 12.0 Å². The lowest BCUT2D eigenvalue weighted by molar-refractivity contribution is -0.141. The molecule has 1 atom stereocenters. The largest absolute Gasteiger partial charge is 0.508 e. The fraction of sp³-hybridized carbons (Fsp3) is 0.250. The van der Waals surface area contributed by atoms with Crippen LogP contribution in [0.4, 0.5) is 0 Å². The summed E-state index contributed by atoms with van der Waals surface area (Å²) >= 11 is 0. The van der Waals surface area contributed by atoms with Crippen molar-refractivity contribution in [2.75, 3.05) is 0 Å². The molecule has 0 amide bonds. The van der Waals surface area contributed by atoms with Crippen LogP contribution in [0.25, 0.3) is 11.0 Å². The predicted octanol–water partition coefficient (Wildman–Crippen LogP) is 2.40. The van der Waals surface area contributed by atoms with E-state index in [1.165, 1.54) is 6.07 Å². The number of fused-ring (bicyclic) bond motifs is 1. The van der Waals surface area contributed by atoms with Gasteiger partial charge in [0.15, 0.2) is 0 Å². The molecule has 1 aromatic carbocycles. The van der Waals surface area contributed by atoms with Crippen LogP contribution in [0.3, 0.4) is 0 Å². The van der Waals surface area contributed by atoms with E-state index in [-0.39, 0.29) is 5.75 Å². The normalized spacial score (nSPS) is 12.8. The van der Waals surface area contributed by atoms with Gasteiger partial charge in [-0.25, -0.2) is 0 Å². The molecule has 84 valence electrons. The number of aromatic hydroxyl groups is 1. The van der Waals surface area contributed by atoms with Gasteiger partial charge in [-0.2, -0.15) is 0 Å². The molecule has 0 spiro atoms. The third-order valence-corrected chi connectivity index (χ3v) is 2.59. The number of phenols is 1. The Morgan fingerprint density at radius 2 is 2.25 bits per heavy atom. The molecule has 0 aliphatic heterocycles. The summed E-state index contributed by atoms with van der Waals surface area (Å²) in [7, 11) is 0. The van der Waals surface area contributed by atoms with Crippen molar-refractivity contribution in [3.63, 3.8) is 0 Å². The second-order valence-electron chi connectivity index (χ2n) is 3.88. The second kappa shape index (κ2) is 3.89. The molecule has 2 rings (SSSR count). The Hall–Kier alpha value is -1.97. The Labute approximate surface area is 92.1 Å². The quantitative estimate of drug-likeness (QED) is 0.833. The minimum Gasteiger partial charge on any atom is -0.508 e. The number of hydrogen-bond acceptors (Lipinski definition) is 3. The molecule has 2 N–H and O–H groups in total. The number of phenolic OH excluding ortho intramolecular Hbond substituents is 1. The molecule has 4 heteroatoms. The molecule has 1 heterocycles. The number of carbonyl (C=O) groups is 1. The first-order valence-electron chi connectivity index (χ1n) is 5.00. The Bertz CT molecular complexity index is 527. The SMILES string of the molecule is CC(Cc1coc2cc(O)ccc12)C(=O)O. The third-order valence-electron chi connectivity index (χ3n) is 2.59. The molecule has 0 saturated carbocycles. The topological polar surface area (TPSA) is 70.7 Å². The molecule has 0 radical (unpaired) electrons. The van der Waals surface area contributed by atoms with E-state index in [9.17, 15) is 9.90 Å². The maximum Gasteiger partial charge on any atom is 0.306 e. The van der Waals surface area contributed by atoms with Crippen LogP contribution in [0.15, 0.2) is 28.9 Å². The molecule has 0 aliphatic rings. The first kappa shape index (κ1) is 10.5. The lowest BCUT2D eigenvalue weighted by Gasteiger charge is -2.03. The molecule has 4 nitrogen and oxygen atoms in total. The summed E-state index contributed by atoms with van der Waals surface area (Å²) in [6.45, 7) is 1.65. The van der Waals surface area contributed by atoms with Gasteiger partial charge in [-0.1, -0.05) is 6.92 Å². The van der Waals surface area contributed by atoms with Gasteiger partial charge < -0.3 is 14.6 Å². The van der Waals surface area contributed by atoms with Gasteiger partial charge in [-0.15, -0.1) is 0 Å². The molecule has 0 bridgehead atoms. The van der Waals surface area contributed by atoms with Crippen LogP contribution >= 0.6 is 0 Å². The average molecular weight is 220 g/mol. The number of carboxylic acids is 1. The van der Waals surface area contributed by atoms with Gasteiger partial charge in [-0.05, 0) is 24.1 Å². The van der Waals surface area contributed by atoms with Gasteiger partial charge in [0.2, 0.25) is 0 Å². The Morgan fingerprint density at radius 1 is 1.50 bits per heavy atom. The molecular weight excluding hydrogens is 208 g/mol. The highest BCUT2D eigenvalue weighted by molar-refractivity contribution is 5.83. The van der Waals surface area contributed by atoms with Crippen molar-refractivity contribution in [2.45, 2.75) is 13.3 Å². The van der Waals surface area contributed by atoms with Gasteiger partial charge in [-0.3, -0.25) is 4.79 Å². The van der Waals surface area contributed by atoms with E-state index in [2.05, 4.69) is 0 Å². The van der Waals surface area contributed by atoms with Crippen molar-refractivity contribution in [2.24, 2.45) is 5.92 Å². The van der Waals surface area contributed by atoms with Crippen LogP contribution in [0, 0.1) is 5.92 Å². The van der Waals surface area contributed by atoms with Crippen molar-refractivity contribution < 1.29 is 19.4 Å². The first-order chi connectivity index (χ1) is 7.58. The van der Waals surface area contributed by atoms with Crippen LogP contribution in [-0.4, -0.2) is 16.2 Å². The molecule has 2 aromatic rings. The molecule has 0 aliphatic carbocycles. The molecule has 1 unspecified atom stereocenters. The Morgan fingerprint density at radius 3 is 2.94 bits per heavy atom. The maximum atomic E-state index is 10.7. The zero-order chi connectivity index (χ0) is 11.7. The highest BCUT2D eigenvalue weighted by Crippen LogP contribution is 2.26.